The highest BCUT2D eigenvalue weighted by atomic mass is 35.5. The van der Waals surface area contributed by atoms with Crippen molar-refractivity contribution in [1.82, 2.24) is 4.98 Å². The number of hydrogen-bond donors (Lipinski definition) is 2. The van der Waals surface area contributed by atoms with E-state index in [1.807, 2.05) is 74.1 Å². The van der Waals surface area contributed by atoms with Gasteiger partial charge in [-0.2, -0.15) is 11.8 Å². The Kier molecular flexibility index (Phi) is 7.25. The highest BCUT2D eigenvalue weighted by Gasteiger charge is 2.59. The smallest absolute Gasteiger partial charge is 0.303 e. The van der Waals surface area contributed by atoms with Crippen LogP contribution >= 0.6 is 23.4 Å². The Bertz CT molecular complexity index is 1650. The van der Waals surface area contributed by atoms with Crippen molar-refractivity contribution in [2.75, 3.05) is 5.75 Å². The van der Waals surface area contributed by atoms with Crippen LogP contribution in [0.4, 0.5) is 0 Å². The lowest BCUT2D eigenvalue weighted by Gasteiger charge is -2.56. The van der Waals surface area contributed by atoms with E-state index in [2.05, 4.69) is 42.5 Å². The van der Waals surface area contributed by atoms with Crippen LogP contribution in [0.2, 0.25) is 5.02 Å². The van der Waals surface area contributed by atoms with E-state index in [-0.39, 0.29) is 22.5 Å². The molecule has 2 aliphatic heterocycles. The molecule has 3 fully saturated rings. The second kappa shape index (κ2) is 10.6. The molecule has 4 aromatic rings. The normalized spacial score (nSPS) is 24.2. The Hall–Kier alpha value is -3.12. The van der Waals surface area contributed by atoms with Crippen molar-refractivity contribution in [2.45, 2.75) is 55.8 Å². The first-order chi connectivity index (χ1) is 19.5. The third-order valence-corrected chi connectivity index (χ3v) is 10.5. The van der Waals surface area contributed by atoms with Gasteiger partial charge in [-0.15, -0.1) is 0 Å². The fourth-order valence-corrected chi connectivity index (χ4v) is 8.86. The quantitative estimate of drug-likeness (QED) is 0.228. The number of rotatable bonds is 7. The summed E-state index contributed by atoms with van der Waals surface area (Å²) in [6, 6.07) is 26.6. The summed E-state index contributed by atoms with van der Waals surface area (Å²) in [7, 11) is 0. The molecule has 1 aliphatic carbocycles. The number of carboxylic acid groups (broad SMARTS) is 1. The number of benzene rings is 3. The van der Waals surface area contributed by atoms with E-state index in [9.17, 15) is 15.0 Å². The molecule has 1 aromatic heterocycles. The molecule has 41 heavy (non-hydrogen) atoms. The van der Waals surface area contributed by atoms with Crippen LogP contribution in [0.1, 0.15) is 72.7 Å². The number of aliphatic carboxylic acids is 1. The minimum atomic E-state index is -0.974. The third-order valence-electron chi connectivity index (χ3n) is 8.68. The van der Waals surface area contributed by atoms with E-state index >= 15 is 0 Å². The van der Waals surface area contributed by atoms with E-state index in [4.69, 9.17) is 16.6 Å². The summed E-state index contributed by atoms with van der Waals surface area (Å²) in [5.41, 5.74) is 4.82. The van der Waals surface area contributed by atoms with Crippen LogP contribution in [0.5, 0.6) is 0 Å². The second-order valence-corrected chi connectivity index (χ2v) is 14.0. The molecule has 2 bridgehead atoms. The SMILES string of the molecule is CC(C)(O)c1ccccc1C12CC(c3cccc(/C=C/c4ccc5ccc(Cl)cc5n4)c3)SCC(CC(=O)O)(C1)C2. The molecule has 4 nitrogen and oxygen atoms in total. The lowest BCUT2D eigenvalue weighted by molar-refractivity contribution is -0.142. The zero-order chi connectivity index (χ0) is 28.8. The van der Waals surface area contributed by atoms with E-state index in [0.717, 1.165) is 52.7 Å². The Balaban J connectivity index is 1.31. The van der Waals surface area contributed by atoms with Crippen molar-refractivity contribution in [1.29, 1.82) is 0 Å². The van der Waals surface area contributed by atoms with Gasteiger partial charge in [-0.3, -0.25) is 4.79 Å². The fraction of sp³-hybridized carbons (Fsp3) is 0.314. The zero-order valence-corrected chi connectivity index (χ0v) is 24.9. The Labute approximate surface area is 250 Å². The van der Waals surface area contributed by atoms with Crippen LogP contribution in [0.15, 0.2) is 78.9 Å². The lowest BCUT2D eigenvalue weighted by Crippen LogP contribution is -2.51. The van der Waals surface area contributed by atoms with Gasteiger partial charge >= 0.3 is 5.97 Å². The number of pyridine rings is 1. The van der Waals surface area contributed by atoms with Gasteiger partial charge in [-0.25, -0.2) is 4.98 Å². The van der Waals surface area contributed by atoms with Crippen LogP contribution in [0.3, 0.4) is 0 Å². The number of hydrogen-bond acceptors (Lipinski definition) is 4. The maximum absolute atomic E-state index is 11.9. The molecule has 0 radical (unpaired) electrons. The van der Waals surface area contributed by atoms with Crippen molar-refractivity contribution in [3.8, 4) is 0 Å². The first kappa shape index (κ1) is 28.0. The molecular weight excluding hydrogens is 550 g/mol. The molecule has 210 valence electrons. The lowest BCUT2D eigenvalue weighted by atomic mass is 9.48. The Morgan fingerprint density at radius 1 is 1.05 bits per heavy atom. The average Bonchev–Trinajstić information content (AvgIpc) is 3.18. The van der Waals surface area contributed by atoms with Crippen LogP contribution in [-0.2, 0) is 15.8 Å². The van der Waals surface area contributed by atoms with Crippen LogP contribution in [-0.4, -0.2) is 26.9 Å². The molecule has 2 saturated heterocycles. The Morgan fingerprint density at radius 3 is 2.61 bits per heavy atom. The molecule has 2 N–H and O–H groups in total. The van der Waals surface area contributed by atoms with Crippen molar-refractivity contribution in [2.24, 2.45) is 5.41 Å². The summed E-state index contributed by atoms with van der Waals surface area (Å²) in [6.45, 7) is 3.67. The number of carboxylic acids is 1. The van der Waals surface area contributed by atoms with Gasteiger partial charge in [0.15, 0.2) is 0 Å². The van der Waals surface area contributed by atoms with Gasteiger partial charge in [-0.05, 0) is 90.5 Å². The molecule has 3 heterocycles. The summed E-state index contributed by atoms with van der Waals surface area (Å²) in [5.74, 6) is 0.0881. The van der Waals surface area contributed by atoms with Crippen LogP contribution < -0.4 is 0 Å². The fourth-order valence-electron chi connectivity index (χ4n) is 7.06. The topological polar surface area (TPSA) is 70.4 Å². The van der Waals surface area contributed by atoms with E-state index in [0.29, 0.717) is 5.02 Å². The minimum Gasteiger partial charge on any atom is -0.481 e. The summed E-state index contributed by atoms with van der Waals surface area (Å²) in [6.07, 6.45) is 6.88. The third kappa shape index (κ3) is 5.68. The largest absolute Gasteiger partial charge is 0.481 e. The molecule has 3 aromatic carbocycles. The molecule has 0 amide bonds. The first-order valence-electron chi connectivity index (χ1n) is 14.0. The number of thioether (sulfide) groups is 1. The van der Waals surface area contributed by atoms with E-state index in [1.54, 1.807) is 0 Å². The molecule has 3 aliphatic rings. The van der Waals surface area contributed by atoms with Crippen molar-refractivity contribution >= 4 is 52.4 Å². The number of aromatic nitrogens is 1. The number of nitrogens with zero attached hydrogens (tertiary/aromatic N) is 1. The van der Waals surface area contributed by atoms with Gasteiger partial charge in [0.25, 0.3) is 0 Å². The molecule has 0 spiro atoms. The maximum atomic E-state index is 11.9. The van der Waals surface area contributed by atoms with Gasteiger partial charge in [0.05, 0.1) is 23.2 Å². The standard InChI is InChI=1S/C35H34ClNO3S/c1-33(2,40)28-8-3-4-9-29(28)35-18-31(41-22-34(20-35,21-35)19-32(38)39)25-7-5-6-23(16-25)10-14-27-15-12-24-11-13-26(36)17-30(24)37-27/h3-17,31,40H,18-22H2,1-2H3,(H,38,39)/b14-10+. The average molecular weight is 584 g/mol. The summed E-state index contributed by atoms with van der Waals surface area (Å²) in [5, 5.41) is 22.7. The van der Waals surface area contributed by atoms with Gasteiger partial charge in [0.2, 0.25) is 0 Å². The van der Waals surface area contributed by atoms with Gasteiger partial charge in [-0.1, -0.05) is 78.3 Å². The van der Waals surface area contributed by atoms with Gasteiger partial charge in [0, 0.05) is 21.4 Å². The second-order valence-electron chi connectivity index (χ2n) is 12.4. The van der Waals surface area contributed by atoms with Crippen LogP contribution in [0, 0.1) is 5.41 Å². The van der Waals surface area contributed by atoms with Gasteiger partial charge < -0.3 is 10.2 Å². The maximum Gasteiger partial charge on any atom is 0.303 e. The minimum absolute atomic E-state index is 0.164. The molecule has 7 rings (SSSR count). The molecule has 6 heteroatoms. The first-order valence-corrected chi connectivity index (χ1v) is 15.5. The number of halogens is 1. The summed E-state index contributed by atoms with van der Waals surface area (Å²) < 4.78 is 0. The van der Waals surface area contributed by atoms with Crippen molar-refractivity contribution in [3.05, 3.63) is 112 Å². The highest BCUT2D eigenvalue weighted by molar-refractivity contribution is 7.99. The Morgan fingerprint density at radius 2 is 1.83 bits per heavy atom. The zero-order valence-electron chi connectivity index (χ0n) is 23.3. The monoisotopic (exact) mass is 583 g/mol. The summed E-state index contributed by atoms with van der Waals surface area (Å²) in [4.78, 5) is 16.6. The van der Waals surface area contributed by atoms with Crippen LogP contribution in [0.25, 0.3) is 23.1 Å². The number of aliphatic hydroxyl groups is 1. The summed E-state index contributed by atoms with van der Waals surface area (Å²) >= 11 is 8.06. The highest BCUT2D eigenvalue weighted by Crippen LogP contribution is 2.67. The molecule has 1 unspecified atom stereocenters. The predicted octanol–water partition coefficient (Wildman–Crippen LogP) is 8.66. The van der Waals surface area contributed by atoms with E-state index in [1.165, 1.54) is 11.1 Å². The molecule has 1 saturated carbocycles. The molecular formula is C35H34ClNO3S. The van der Waals surface area contributed by atoms with Crippen molar-refractivity contribution in [3.63, 3.8) is 0 Å². The number of fused-ring (bicyclic) bond motifs is 4. The van der Waals surface area contributed by atoms with Gasteiger partial charge in [0.1, 0.15) is 0 Å². The number of carbonyl (C=O) groups is 1. The van der Waals surface area contributed by atoms with Crippen molar-refractivity contribution < 1.29 is 15.0 Å². The predicted molar refractivity (Wildman–Crippen MR) is 169 cm³/mol. The molecule has 1 atom stereocenters. The van der Waals surface area contributed by atoms with E-state index < -0.39 is 11.6 Å².